The molecule has 1 N–H and O–H groups in total. The second-order valence-corrected chi connectivity index (χ2v) is 7.97. The van der Waals surface area contributed by atoms with Gasteiger partial charge in [0.2, 0.25) is 5.91 Å². The van der Waals surface area contributed by atoms with Gasteiger partial charge in [-0.2, -0.15) is 5.26 Å². The fraction of sp³-hybridized carbons (Fsp3) is 0.579. The molecule has 26 heavy (non-hydrogen) atoms. The Balaban J connectivity index is 1.50. The van der Waals surface area contributed by atoms with Crippen LogP contribution in [-0.4, -0.2) is 46.1 Å². The number of carbonyl (C=O) groups excluding carboxylic acids is 2. The molecule has 6 nitrogen and oxygen atoms in total. The Labute approximate surface area is 158 Å². The van der Waals surface area contributed by atoms with Crippen molar-refractivity contribution >= 4 is 23.6 Å². The molecule has 2 fully saturated rings. The Morgan fingerprint density at radius 2 is 1.92 bits per heavy atom. The van der Waals surface area contributed by atoms with Crippen molar-refractivity contribution < 1.29 is 9.59 Å². The van der Waals surface area contributed by atoms with Crippen LogP contribution in [0.5, 0.6) is 0 Å². The normalized spacial score (nSPS) is 19.0. The Morgan fingerprint density at radius 1 is 1.19 bits per heavy atom. The first-order valence-electron chi connectivity index (χ1n) is 9.22. The van der Waals surface area contributed by atoms with Crippen LogP contribution in [0.1, 0.15) is 55.3 Å². The van der Waals surface area contributed by atoms with Crippen LogP contribution in [0.4, 0.5) is 0 Å². The third-order valence-corrected chi connectivity index (χ3v) is 5.97. The standard InChI is InChI=1S/C19H24N4O2S/c20-14-19(8-2-1-3-9-19)22-16(24)13-26-17-7-6-15(12-21-17)18(25)23-10-4-5-11-23/h6-7,12H,1-5,8-11,13H2,(H,22,24). The molecular formula is C19H24N4O2S. The van der Waals surface area contributed by atoms with Crippen molar-refractivity contribution in [3.05, 3.63) is 23.9 Å². The molecule has 0 unspecified atom stereocenters. The molecule has 2 aliphatic rings. The van der Waals surface area contributed by atoms with Gasteiger partial charge >= 0.3 is 0 Å². The minimum atomic E-state index is -0.699. The molecule has 2 heterocycles. The first-order chi connectivity index (χ1) is 12.6. The van der Waals surface area contributed by atoms with Crippen molar-refractivity contribution in [2.24, 2.45) is 0 Å². The smallest absolute Gasteiger partial charge is 0.255 e. The van der Waals surface area contributed by atoms with Gasteiger partial charge in [0.1, 0.15) is 5.54 Å². The number of amides is 2. The van der Waals surface area contributed by atoms with E-state index >= 15 is 0 Å². The number of carbonyl (C=O) groups is 2. The van der Waals surface area contributed by atoms with E-state index in [1.54, 1.807) is 18.3 Å². The quantitative estimate of drug-likeness (QED) is 0.803. The molecule has 1 saturated carbocycles. The Bertz CT molecular complexity index is 686. The number of aromatic nitrogens is 1. The zero-order chi connectivity index (χ0) is 18.4. The van der Waals surface area contributed by atoms with Gasteiger partial charge in [0.25, 0.3) is 5.91 Å². The molecular weight excluding hydrogens is 348 g/mol. The van der Waals surface area contributed by atoms with E-state index in [0.29, 0.717) is 10.6 Å². The van der Waals surface area contributed by atoms with Crippen LogP contribution in [0, 0.1) is 11.3 Å². The van der Waals surface area contributed by atoms with Gasteiger partial charge in [-0.3, -0.25) is 9.59 Å². The van der Waals surface area contributed by atoms with Crippen LogP contribution in [0.2, 0.25) is 0 Å². The summed E-state index contributed by atoms with van der Waals surface area (Å²) in [5.41, 5.74) is -0.110. The van der Waals surface area contributed by atoms with Gasteiger partial charge in [0.15, 0.2) is 0 Å². The Morgan fingerprint density at radius 3 is 2.54 bits per heavy atom. The van der Waals surface area contributed by atoms with Crippen molar-refractivity contribution in [2.45, 2.75) is 55.5 Å². The van der Waals surface area contributed by atoms with Gasteiger partial charge in [0.05, 0.1) is 22.4 Å². The van der Waals surface area contributed by atoms with Crippen LogP contribution in [0.3, 0.4) is 0 Å². The highest BCUT2D eigenvalue weighted by Crippen LogP contribution is 2.28. The largest absolute Gasteiger partial charge is 0.339 e. The topological polar surface area (TPSA) is 86.1 Å². The molecule has 3 rings (SSSR count). The molecule has 7 heteroatoms. The first kappa shape index (κ1) is 18.7. The van der Waals surface area contributed by atoms with E-state index in [1.165, 1.54) is 11.8 Å². The maximum Gasteiger partial charge on any atom is 0.255 e. The lowest BCUT2D eigenvalue weighted by Gasteiger charge is -2.31. The van der Waals surface area contributed by atoms with Gasteiger partial charge in [-0.25, -0.2) is 4.98 Å². The predicted molar refractivity (Wildman–Crippen MR) is 99.7 cm³/mol. The third-order valence-electron chi connectivity index (χ3n) is 5.03. The van der Waals surface area contributed by atoms with Gasteiger partial charge < -0.3 is 10.2 Å². The molecule has 0 spiro atoms. The zero-order valence-electron chi connectivity index (χ0n) is 14.9. The molecule has 1 aliphatic carbocycles. The lowest BCUT2D eigenvalue weighted by Crippen LogP contribution is -2.49. The summed E-state index contributed by atoms with van der Waals surface area (Å²) in [5, 5.41) is 13.0. The number of nitrogens with one attached hydrogen (secondary N) is 1. The molecule has 0 atom stereocenters. The van der Waals surface area contributed by atoms with E-state index in [1.807, 2.05) is 4.90 Å². The lowest BCUT2D eigenvalue weighted by atomic mass is 9.83. The second-order valence-electron chi connectivity index (χ2n) is 6.98. The fourth-order valence-electron chi connectivity index (χ4n) is 3.56. The predicted octanol–water partition coefficient (Wildman–Crippen LogP) is 2.75. The summed E-state index contributed by atoms with van der Waals surface area (Å²) < 4.78 is 0. The third kappa shape index (κ3) is 4.55. The molecule has 138 valence electrons. The summed E-state index contributed by atoms with van der Waals surface area (Å²) in [5.74, 6) is 0.102. The highest BCUT2D eigenvalue weighted by molar-refractivity contribution is 7.99. The molecule has 1 aromatic rings. The highest BCUT2D eigenvalue weighted by Gasteiger charge is 2.33. The number of hydrogen-bond acceptors (Lipinski definition) is 5. The SMILES string of the molecule is N#CC1(NC(=O)CSc2ccc(C(=O)N3CCCC3)cn2)CCCCC1. The summed E-state index contributed by atoms with van der Waals surface area (Å²) >= 11 is 1.32. The average Bonchev–Trinajstić information content (AvgIpc) is 3.22. The maximum atomic E-state index is 12.3. The van der Waals surface area contributed by atoms with Crippen molar-refractivity contribution in [1.82, 2.24) is 15.2 Å². The van der Waals surface area contributed by atoms with Crippen molar-refractivity contribution in [3.8, 4) is 6.07 Å². The number of thioether (sulfide) groups is 1. The van der Waals surface area contributed by atoms with Crippen LogP contribution in [0.25, 0.3) is 0 Å². The van der Waals surface area contributed by atoms with E-state index < -0.39 is 5.54 Å². The Hall–Kier alpha value is -2.07. The second kappa shape index (κ2) is 8.54. The van der Waals surface area contributed by atoms with Gasteiger partial charge in [-0.1, -0.05) is 31.0 Å². The van der Waals surface area contributed by atoms with Crippen molar-refractivity contribution in [2.75, 3.05) is 18.8 Å². The molecule has 1 aliphatic heterocycles. The van der Waals surface area contributed by atoms with Crippen LogP contribution < -0.4 is 5.32 Å². The highest BCUT2D eigenvalue weighted by atomic mass is 32.2. The summed E-state index contributed by atoms with van der Waals surface area (Å²) in [7, 11) is 0. The van der Waals surface area contributed by atoms with Crippen LogP contribution in [-0.2, 0) is 4.79 Å². The Kier molecular flexibility index (Phi) is 6.15. The van der Waals surface area contributed by atoms with Gasteiger partial charge in [-0.05, 0) is 37.8 Å². The number of nitriles is 1. The monoisotopic (exact) mass is 372 g/mol. The average molecular weight is 372 g/mol. The summed E-state index contributed by atoms with van der Waals surface area (Å²) in [4.78, 5) is 30.7. The molecule has 1 aromatic heterocycles. The number of hydrogen-bond donors (Lipinski definition) is 1. The molecule has 0 aromatic carbocycles. The minimum absolute atomic E-state index is 0.0255. The van der Waals surface area contributed by atoms with Crippen LogP contribution >= 0.6 is 11.8 Å². The summed E-state index contributed by atoms with van der Waals surface area (Å²) in [6, 6.07) is 5.84. The summed E-state index contributed by atoms with van der Waals surface area (Å²) in [6.45, 7) is 1.63. The van der Waals surface area contributed by atoms with E-state index in [2.05, 4.69) is 16.4 Å². The first-order valence-corrected chi connectivity index (χ1v) is 10.2. The molecule has 2 amide bonds. The van der Waals surface area contributed by atoms with Gasteiger partial charge in [-0.15, -0.1) is 0 Å². The van der Waals surface area contributed by atoms with Crippen molar-refractivity contribution in [1.29, 1.82) is 5.26 Å². The molecule has 1 saturated heterocycles. The lowest BCUT2D eigenvalue weighted by molar-refractivity contribution is -0.120. The summed E-state index contributed by atoms with van der Waals surface area (Å²) in [6.07, 6.45) is 8.25. The number of rotatable bonds is 5. The van der Waals surface area contributed by atoms with Crippen molar-refractivity contribution in [3.63, 3.8) is 0 Å². The van der Waals surface area contributed by atoms with Gasteiger partial charge in [0, 0.05) is 19.3 Å². The van der Waals surface area contributed by atoms with Crippen LogP contribution in [0.15, 0.2) is 23.4 Å². The minimum Gasteiger partial charge on any atom is -0.339 e. The van der Waals surface area contributed by atoms with E-state index in [9.17, 15) is 14.9 Å². The fourth-order valence-corrected chi connectivity index (χ4v) is 4.20. The van der Waals surface area contributed by atoms with E-state index in [-0.39, 0.29) is 17.6 Å². The maximum absolute atomic E-state index is 12.3. The molecule has 0 bridgehead atoms. The number of nitrogens with zero attached hydrogens (tertiary/aromatic N) is 3. The number of pyridine rings is 1. The van der Waals surface area contributed by atoms with E-state index in [4.69, 9.17) is 0 Å². The number of likely N-dealkylation sites (tertiary alicyclic amines) is 1. The zero-order valence-corrected chi connectivity index (χ0v) is 15.7. The van der Waals surface area contributed by atoms with E-state index in [0.717, 1.165) is 58.0 Å². The molecule has 0 radical (unpaired) electrons.